The van der Waals surface area contributed by atoms with Gasteiger partial charge in [-0.15, -0.1) is 11.3 Å². The van der Waals surface area contributed by atoms with Crippen molar-refractivity contribution in [1.82, 2.24) is 20.2 Å². The number of carbonyl (C=O) groups is 2. The summed E-state index contributed by atoms with van der Waals surface area (Å²) < 4.78 is 0. The first-order valence-electron chi connectivity index (χ1n) is 9.63. The van der Waals surface area contributed by atoms with Gasteiger partial charge in [0.15, 0.2) is 0 Å². The Morgan fingerprint density at radius 2 is 2.04 bits per heavy atom. The molecule has 0 bridgehead atoms. The number of hydrogen-bond donors (Lipinski definition) is 2. The average molecular weight is 397 g/mol. The topological polar surface area (TPSA) is 78.1 Å². The van der Waals surface area contributed by atoms with Gasteiger partial charge in [-0.05, 0) is 36.4 Å². The van der Waals surface area contributed by atoms with Crippen LogP contribution in [0, 0.1) is 0 Å². The van der Waals surface area contributed by atoms with Crippen LogP contribution in [0.1, 0.15) is 48.8 Å². The maximum absolute atomic E-state index is 12.8. The van der Waals surface area contributed by atoms with Gasteiger partial charge in [-0.25, -0.2) is 4.98 Å². The van der Waals surface area contributed by atoms with Crippen LogP contribution in [0.2, 0.25) is 0 Å². The summed E-state index contributed by atoms with van der Waals surface area (Å²) in [5.74, 6) is 1.34. The van der Waals surface area contributed by atoms with Crippen LogP contribution in [0.5, 0.6) is 0 Å². The number of nitrogens with zero attached hydrogens (tertiary/aromatic N) is 2. The molecule has 1 aromatic carbocycles. The molecule has 1 aliphatic heterocycles. The van der Waals surface area contributed by atoms with E-state index in [9.17, 15) is 9.59 Å². The molecular formula is C21H24N4O2S. The first-order valence-corrected chi connectivity index (χ1v) is 10.5. The summed E-state index contributed by atoms with van der Waals surface area (Å²) >= 11 is 1.56. The summed E-state index contributed by atoms with van der Waals surface area (Å²) in [4.78, 5) is 35.4. The Hall–Kier alpha value is -2.67. The number of carbonyl (C=O) groups excluding carboxylic acids is 2. The lowest BCUT2D eigenvalue weighted by atomic mass is 9.95. The van der Waals surface area contributed by atoms with Crippen LogP contribution in [-0.2, 0) is 9.59 Å². The van der Waals surface area contributed by atoms with Crippen molar-refractivity contribution in [3.63, 3.8) is 0 Å². The zero-order chi connectivity index (χ0) is 19.5. The lowest BCUT2D eigenvalue weighted by Gasteiger charge is -2.32. The zero-order valence-electron chi connectivity index (χ0n) is 15.9. The molecule has 7 heteroatoms. The monoisotopic (exact) mass is 396 g/mol. The zero-order valence-corrected chi connectivity index (χ0v) is 16.7. The van der Waals surface area contributed by atoms with Crippen molar-refractivity contribution in [1.29, 1.82) is 0 Å². The summed E-state index contributed by atoms with van der Waals surface area (Å²) in [5.41, 5.74) is 2.05. The van der Waals surface area contributed by atoms with E-state index in [2.05, 4.69) is 10.3 Å². The number of hydrogen-bond acceptors (Lipinski definition) is 4. The highest BCUT2D eigenvalue weighted by molar-refractivity contribution is 7.10. The van der Waals surface area contributed by atoms with Crippen LogP contribution < -0.4 is 5.32 Å². The van der Waals surface area contributed by atoms with Crippen molar-refractivity contribution in [2.75, 3.05) is 13.1 Å². The second-order valence-electron chi connectivity index (χ2n) is 7.27. The smallest absolute Gasteiger partial charge is 0.225 e. The number of imidazole rings is 1. The molecule has 2 amide bonds. The van der Waals surface area contributed by atoms with Gasteiger partial charge in [0.1, 0.15) is 5.82 Å². The van der Waals surface area contributed by atoms with Crippen molar-refractivity contribution in [2.24, 2.45) is 0 Å². The quantitative estimate of drug-likeness (QED) is 0.692. The second kappa shape index (κ2) is 8.14. The molecule has 2 aromatic heterocycles. The van der Waals surface area contributed by atoms with Crippen LogP contribution in [0.4, 0.5) is 0 Å². The number of aromatic nitrogens is 2. The molecule has 146 valence electrons. The van der Waals surface area contributed by atoms with Gasteiger partial charge in [-0.3, -0.25) is 9.59 Å². The second-order valence-corrected chi connectivity index (χ2v) is 8.25. The van der Waals surface area contributed by atoms with Gasteiger partial charge < -0.3 is 15.2 Å². The summed E-state index contributed by atoms with van der Waals surface area (Å²) in [6.45, 7) is 2.93. The molecule has 2 N–H and O–H groups in total. The number of amides is 2. The third kappa shape index (κ3) is 4.09. The molecule has 28 heavy (non-hydrogen) atoms. The fourth-order valence-corrected chi connectivity index (χ4v) is 4.61. The molecule has 0 spiro atoms. The molecular weight excluding hydrogens is 372 g/mol. The maximum Gasteiger partial charge on any atom is 0.225 e. The number of likely N-dealkylation sites (tertiary alicyclic amines) is 1. The minimum absolute atomic E-state index is 0.0928. The van der Waals surface area contributed by atoms with E-state index in [1.807, 2.05) is 46.7 Å². The fourth-order valence-electron chi connectivity index (χ4n) is 3.83. The van der Waals surface area contributed by atoms with Crippen molar-refractivity contribution < 1.29 is 9.59 Å². The minimum Gasteiger partial charge on any atom is -0.348 e. The van der Waals surface area contributed by atoms with Crippen molar-refractivity contribution in [3.05, 3.63) is 52.5 Å². The highest BCUT2D eigenvalue weighted by atomic mass is 32.1. The van der Waals surface area contributed by atoms with Crippen LogP contribution in [0.15, 0.2) is 41.8 Å². The number of aromatic amines is 1. The first kappa shape index (κ1) is 18.7. The van der Waals surface area contributed by atoms with E-state index in [0.717, 1.165) is 47.7 Å². The number of rotatable bonds is 5. The third-order valence-corrected chi connectivity index (χ3v) is 6.27. The SMILES string of the molecule is CC(=O)NC(CC(=O)N1CCC(c2nc3ccccc3[nH]2)CC1)c1cccs1. The Morgan fingerprint density at radius 1 is 1.25 bits per heavy atom. The summed E-state index contributed by atoms with van der Waals surface area (Å²) in [7, 11) is 0. The predicted molar refractivity (Wildman–Crippen MR) is 110 cm³/mol. The molecule has 3 heterocycles. The van der Waals surface area contributed by atoms with E-state index < -0.39 is 0 Å². The molecule has 6 nitrogen and oxygen atoms in total. The van der Waals surface area contributed by atoms with E-state index in [0.29, 0.717) is 12.3 Å². The molecule has 1 saturated heterocycles. The molecule has 1 aliphatic rings. The molecule has 4 rings (SSSR count). The number of H-pyrrole nitrogens is 1. The van der Waals surface area contributed by atoms with Gasteiger partial charge in [-0.1, -0.05) is 18.2 Å². The molecule has 1 atom stereocenters. The number of piperidine rings is 1. The van der Waals surface area contributed by atoms with Gasteiger partial charge in [0.2, 0.25) is 11.8 Å². The van der Waals surface area contributed by atoms with E-state index in [1.54, 1.807) is 11.3 Å². The number of nitrogens with one attached hydrogen (secondary N) is 2. The molecule has 0 radical (unpaired) electrons. The standard InChI is InChI=1S/C21H24N4O2S/c1-14(26)22-18(19-7-4-12-28-19)13-20(27)25-10-8-15(9-11-25)21-23-16-5-2-3-6-17(16)24-21/h2-7,12,15,18H,8-11,13H2,1H3,(H,22,26)(H,23,24). The number of fused-ring (bicyclic) bond motifs is 1. The highest BCUT2D eigenvalue weighted by Gasteiger charge is 2.28. The van der Waals surface area contributed by atoms with Crippen LogP contribution in [0.25, 0.3) is 11.0 Å². The Morgan fingerprint density at radius 3 is 2.71 bits per heavy atom. The van der Waals surface area contributed by atoms with Crippen molar-refractivity contribution >= 4 is 34.2 Å². The molecule has 3 aromatic rings. The van der Waals surface area contributed by atoms with Crippen LogP contribution in [0.3, 0.4) is 0 Å². The van der Waals surface area contributed by atoms with E-state index >= 15 is 0 Å². The number of benzene rings is 1. The average Bonchev–Trinajstić information content (AvgIpc) is 3.37. The van der Waals surface area contributed by atoms with Gasteiger partial charge in [0, 0.05) is 30.8 Å². The number of thiophene rings is 1. The van der Waals surface area contributed by atoms with Gasteiger partial charge >= 0.3 is 0 Å². The number of para-hydroxylation sites is 2. The summed E-state index contributed by atoms with van der Waals surface area (Å²) in [6, 6.07) is 11.7. The molecule has 1 fully saturated rings. The van der Waals surface area contributed by atoms with Crippen LogP contribution >= 0.6 is 11.3 Å². The molecule has 0 aliphatic carbocycles. The largest absolute Gasteiger partial charge is 0.348 e. The lowest BCUT2D eigenvalue weighted by Crippen LogP contribution is -2.40. The molecule has 0 saturated carbocycles. The Labute approximate surface area is 168 Å². The molecule has 1 unspecified atom stereocenters. The van der Waals surface area contributed by atoms with E-state index in [1.165, 1.54) is 6.92 Å². The van der Waals surface area contributed by atoms with Gasteiger partial charge in [-0.2, -0.15) is 0 Å². The Kier molecular flexibility index (Phi) is 5.43. The van der Waals surface area contributed by atoms with Gasteiger partial charge in [0.25, 0.3) is 0 Å². The highest BCUT2D eigenvalue weighted by Crippen LogP contribution is 2.29. The Bertz CT molecular complexity index is 925. The van der Waals surface area contributed by atoms with E-state index in [4.69, 9.17) is 4.98 Å². The van der Waals surface area contributed by atoms with Crippen LogP contribution in [-0.4, -0.2) is 39.8 Å². The van der Waals surface area contributed by atoms with Crippen molar-refractivity contribution in [2.45, 2.75) is 38.1 Å². The first-order chi connectivity index (χ1) is 13.6. The van der Waals surface area contributed by atoms with Gasteiger partial charge in [0.05, 0.1) is 23.5 Å². The van der Waals surface area contributed by atoms with E-state index in [-0.39, 0.29) is 17.9 Å². The van der Waals surface area contributed by atoms with Crippen molar-refractivity contribution in [3.8, 4) is 0 Å². The third-order valence-electron chi connectivity index (χ3n) is 5.28. The summed E-state index contributed by atoms with van der Waals surface area (Å²) in [6.07, 6.45) is 2.10. The maximum atomic E-state index is 12.8. The Balaban J connectivity index is 1.37. The minimum atomic E-state index is -0.252. The lowest BCUT2D eigenvalue weighted by molar-refractivity contribution is -0.133. The predicted octanol–water partition coefficient (Wildman–Crippen LogP) is 3.60. The normalized spacial score (nSPS) is 16.2. The summed E-state index contributed by atoms with van der Waals surface area (Å²) in [5, 5.41) is 4.88. The fraction of sp³-hybridized carbons (Fsp3) is 0.381.